The van der Waals surface area contributed by atoms with Gasteiger partial charge in [0, 0.05) is 25.9 Å². The summed E-state index contributed by atoms with van der Waals surface area (Å²) in [4.78, 5) is 13.0. The van der Waals surface area contributed by atoms with Crippen molar-refractivity contribution >= 4 is 32.8 Å². The van der Waals surface area contributed by atoms with E-state index in [1.165, 1.54) is 12.8 Å². The molecule has 0 saturated heterocycles. The van der Waals surface area contributed by atoms with E-state index >= 15 is 0 Å². The number of halogens is 1. The Hall–Kier alpha value is -2.22. The fraction of sp³-hybridized carbons (Fsp3) is 0.412. The van der Waals surface area contributed by atoms with Crippen molar-refractivity contribution in [1.82, 2.24) is 24.7 Å². The van der Waals surface area contributed by atoms with Crippen LogP contribution in [0, 0.1) is 0 Å². The number of aryl methyl sites for hydroxylation is 1. The second-order valence-corrected chi connectivity index (χ2v) is 6.97. The summed E-state index contributed by atoms with van der Waals surface area (Å²) in [6, 6.07) is 3.97. The summed E-state index contributed by atoms with van der Waals surface area (Å²) in [7, 11) is 1.86. The minimum atomic E-state index is 0.309. The molecule has 0 unspecified atom stereocenters. The third-order valence-electron chi connectivity index (χ3n) is 4.43. The van der Waals surface area contributed by atoms with Gasteiger partial charge in [-0.15, -0.1) is 0 Å². The lowest BCUT2D eigenvalue weighted by Crippen LogP contribution is -2.12. The first-order valence-corrected chi connectivity index (χ1v) is 9.18. The van der Waals surface area contributed by atoms with Gasteiger partial charge in [-0.25, -0.2) is 19.6 Å². The first kappa shape index (κ1) is 16.3. The van der Waals surface area contributed by atoms with Crippen molar-refractivity contribution in [1.29, 1.82) is 0 Å². The fourth-order valence-electron chi connectivity index (χ4n) is 3.16. The highest BCUT2D eigenvalue weighted by Gasteiger charge is 2.17. The highest BCUT2D eigenvalue weighted by Crippen LogP contribution is 2.27. The third kappa shape index (κ3) is 3.44. The maximum Gasteiger partial charge on any atom is 0.213 e. The summed E-state index contributed by atoms with van der Waals surface area (Å²) in [6.07, 6.45) is 8.38. The van der Waals surface area contributed by atoms with Gasteiger partial charge in [-0.3, -0.25) is 0 Å². The van der Waals surface area contributed by atoms with Gasteiger partial charge in [0.2, 0.25) is 5.88 Å². The predicted octanol–water partition coefficient (Wildman–Crippen LogP) is 3.45. The molecule has 4 rings (SSSR count). The molecular weight excluding hydrogens is 384 g/mol. The van der Waals surface area contributed by atoms with Gasteiger partial charge in [0.15, 0.2) is 5.65 Å². The van der Waals surface area contributed by atoms with E-state index in [1.54, 1.807) is 17.2 Å². The zero-order chi connectivity index (χ0) is 17.2. The maximum absolute atomic E-state index is 5.98. The van der Waals surface area contributed by atoms with E-state index in [0.29, 0.717) is 18.5 Å². The molecule has 0 amide bonds. The number of nitrogens with zero attached hydrogens (tertiary/aromatic N) is 5. The largest absolute Gasteiger partial charge is 0.474 e. The Kier molecular flexibility index (Phi) is 4.52. The van der Waals surface area contributed by atoms with Crippen molar-refractivity contribution < 1.29 is 4.74 Å². The SMILES string of the molecule is Cn1nc(Br)c2c(NCc3ccnc(OC4CCCC4)c3)ncnc21. The number of anilines is 1. The average molecular weight is 403 g/mol. The maximum atomic E-state index is 5.98. The lowest BCUT2D eigenvalue weighted by Gasteiger charge is -2.13. The lowest BCUT2D eigenvalue weighted by atomic mass is 10.2. The molecule has 1 fully saturated rings. The number of fused-ring (bicyclic) bond motifs is 1. The Morgan fingerprint density at radius 2 is 2.12 bits per heavy atom. The number of rotatable bonds is 5. The van der Waals surface area contributed by atoms with Crippen LogP contribution < -0.4 is 10.1 Å². The molecule has 0 aromatic carbocycles. The number of ether oxygens (including phenoxy) is 1. The summed E-state index contributed by atoms with van der Waals surface area (Å²) >= 11 is 3.47. The molecule has 0 bridgehead atoms. The average Bonchev–Trinajstić information content (AvgIpc) is 3.22. The standard InChI is InChI=1S/C17H19BrN6O/c1-24-17-14(15(18)23-24)16(21-10-22-17)20-9-11-6-7-19-13(8-11)25-12-4-2-3-5-12/h6-8,10,12H,2-5,9H2,1H3,(H,20,21,22). The molecule has 25 heavy (non-hydrogen) atoms. The zero-order valence-corrected chi connectivity index (χ0v) is 15.5. The Bertz CT molecular complexity index is 890. The minimum absolute atomic E-state index is 0.309. The first-order chi connectivity index (χ1) is 12.2. The van der Waals surface area contributed by atoms with Gasteiger partial charge in [-0.05, 0) is 53.2 Å². The van der Waals surface area contributed by atoms with Gasteiger partial charge < -0.3 is 10.1 Å². The fourth-order valence-corrected chi connectivity index (χ4v) is 3.77. The Morgan fingerprint density at radius 1 is 1.28 bits per heavy atom. The van der Waals surface area contributed by atoms with Crippen molar-refractivity contribution in [2.75, 3.05) is 5.32 Å². The Morgan fingerprint density at radius 3 is 2.96 bits per heavy atom. The molecule has 3 heterocycles. The van der Waals surface area contributed by atoms with E-state index in [2.05, 4.69) is 41.3 Å². The molecular formula is C17H19BrN6O. The molecule has 0 radical (unpaired) electrons. The molecule has 1 saturated carbocycles. The van der Waals surface area contributed by atoms with Crippen LogP contribution in [0.5, 0.6) is 5.88 Å². The summed E-state index contributed by atoms with van der Waals surface area (Å²) in [5, 5.41) is 8.58. The van der Waals surface area contributed by atoms with Crippen LogP contribution in [-0.4, -0.2) is 30.8 Å². The van der Waals surface area contributed by atoms with Crippen LogP contribution in [0.25, 0.3) is 11.0 Å². The molecule has 3 aromatic rings. The van der Waals surface area contributed by atoms with Crippen molar-refractivity contribution in [2.45, 2.75) is 38.3 Å². The molecule has 3 aromatic heterocycles. The van der Waals surface area contributed by atoms with Crippen molar-refractivity contribution in [3.05, 3.63) is 34.8 Å². The second-order valence-electron chi connectivity index (χ2n) is 6.22. The van der Waals surface area contributed by atoms with Gasteiger partial charge in [0.25, 0.3) is 0 Å². The summed E-state index contributed by atoms with van der Waals surface area (Å²) in [5.74, 6) is 1.45. The number of aromatic nitrogens is 5. The number of pyridine rings is 1. The van der Waals surface area contributed by atoms with Crippen molar-refractivity contribution in [3.63, 3.8) is 0 Å². The topological polar surface area (TPSA) is 77.8 Å². The zero-order valence-electron chi connectivity index (χ0n) is 13.9. The Balaban J connectivity index is 1.50. The van der Waals surface area contributed by atoms with Crippen LogP contribution in [0.2, 0.25) is 0 Å². The monoisotopic (exact) mass is 402 g/mol. The highest BCUT2D eigenvalue weighted by molar-refractivity contribution is 9.10. The quantitative estimate of drug-likeness (QED) is 0.703. The Labute approximate surface area is 154 Å². The second kappa shape index (κ2) is 6.95. The van der Waals surface area contributed by atoms with Crippen molar-refractivity contribution in [2.24, 2.45) is 7.05 Å². The summed E-state index contributed by atoms with van der Waals surface area (Å²) in [5.41, 5.74) is 1.87. The highest BCUT2D eigenvalue weighted by atomic mass is 79.9. The van der Waals surface area contributed by atoms with E-state index in [1.807, 2.05) is 19.2 Å². The van der Waals surface area contributed by atoms with Gasteiger partial charge >= 0.3 is 0 Å². The molecule has 0 aliphatic heterocycles. The molecule has 1 aliphatic rings. The molecule has 1 aliphatic carbocycles. The number of hydrogen-bond donors (Lipinski definition) is 1. The lowest BCUT2D eigenvalue weighted by molar-refractivity contribution is 0.201. The van der Waals surface area contributed by atoms with Crippen LogP contribution in [0.15, 0.2) is 29.3 Å². The minimum Gasteiger partial charge on any atom is -0.474 e. The smallest absolute Gasteiger partial charge is 0.213 e. The van der Waals surface area contributed by atoms with E-state index < -0.39 is 0 Å². The van der Waals surface area contributed by atoms with Gasteiger partial charge in [-0.1, -0.05) is 0 Å². The number of hydrogen-bond acceptors (Lipinski definition) is 6. The molecule has 8 heteroatoms. The molecule has 7 nitrogen and oxygen atoms in total. The van der Waals surface area contributed by atoms with E-state index in [9.17, 15) is 0 Å². The van der Waals surface area contributed by atoms with Gasteiger partial charge in [0.1, 0.15) is 22.9 Å². The van der Waals surface area contributed by atoms with E-state index in [4.69, 9.17) is 4.74 Å². The van der Waals surface area contributed by atoms with Gasteiger partial charge in [0.05, 0.1) is 5.39 Å². The van der Waals surface area contributed by atoms with E-state index in [-0.39, 0.29) is 0 Å². The molecule has 130 valence electrons. The summed E-state index contributed by atoms with van der Waals surface area (Å²) in [6.45, 7) is 0.622. The van der Waals surface area contributed by atoms with Crippen molar-refractivity contribution in [3.8, 4) is 5.88 Å². The van der Waals surface area contributed by atoms with Crippen LogP contribution in [0.4, 0.5) is 5.82 Å². The predicted molar refractivity (Wildman–Crippen MR) is 98.5 cm³/mol. The van der Waals surface area contributed by atoms with Crippen LogP contribution >= 0.6 is 15.9 Å². The molecule has 0 spiro atoms. The van der Waals surface area contributed by atoms with Crippen LogP contribution in [0.3, 0.4) is 0 Å². The molecule has 0 atom stereocenters. The number of nitrogens with one attached hydrogen (secondary N) is 1. The van der Waals surface area contributed by atoms with Crippen LogP contribution in [-0.2, 0) is 13.6 Å². The first-order valence-electron chi connectivity index (χ1n) is 8.39. The third-order valence-corrected chi connectivity index (χ3v) is 4.98. The van der Waals surface area contributed by atoms with E-state index in [0.717, 1.165) is 39.9 Å². The normalized spacial score (nSPS) is 15.0. The van der Waals surface area contributed by atoms with Crippen LogP contribution in [0.1, 0.15) is 31.2 Å². The molecule has 1 N–H and O–H groups in total. The van der Waals surface area contributed by atoms with Gasteiger partial charge in [-0.2, -0.15) is 5.10 Å². The summed E-state index contributed by atoms with van der Waals surface area (Å²) < 4.78 is 8.43.